The van der Waals surface area contributed by atoms with Gasteiger partial charge in [-0.05, 0) is 41.6 Å². The van der Waals surface area contributed by atoms with Crippen LogP contribution in [0.3, 0.4) is 0 Å². The van der Waals surface area contributed by atoms with E-state index in [0.717, 1.165) is 35.4 Å². The molecule has 0 aromatic carbocycles. The Labute approximate surface area is 106 Å². The van der Waals surface area contributed by atoms with Crippen LogP contribution in [0, 0.1) is 5.92 Å². The molecule has 1 saturated carbocycles. The summed E-state index contributed by atoms with van der Waals surface area (Å²) < 4.78 is 0.847. The van der Waals surface area contributed by atoms with E-state index in [4.69, 9.17) is 5.11 Å². The first-order chi connectivity index (χ1) is 7.65. The first kappa shape index (κ1) is 11.9. The van der Waals surface area contributed by atoms with Gasteiger partial charge in [-0.15, -0.1) is 11.3 Å². The van der Waals surface area contributed by atoms with Crippen LogP contribution in [0.2, 0.25) is 0 Å². The van der Waals surface area contributed by atoms with E-state index in [9.17, 15) is 4.79 Å². The number of nitrogens with zero attached hydrogens (tertiary/aromatic N) is 1. The van der Waals surface area contributed by atoms with Crippen molar-refractivity contribution >= 4 is 38.4 Å². The predicted molar refractivity (Wildman–Crippen MR) is 66.8 cm³/mol. The molecule has 0 amide bonds. The number of aromatic nitrogens is 1. The maximum Gasteiger partial charge on any atom is 0.306 e. The Morgan fingerprint density at radius 1 is 1.50 bits per heavy atom. The van der Waals surface area contributed by atoms with Crippen molar-refractivity contribution in [2.45, 2.75) is 31.7 Å². The van der Waals surface area contributed by atoms with E-state index in [1.165, 1.54) is 0 Å². The highest BCUT2D eigenvalue weighted by Gasteiger charge is 2.26. The lowest BCUT2D eigenvalue weighted by Crippen LogP contribution is -2.29. The molecule has 1 aromatic heterocycles. The smallest absolute Gasteiger partial charge is 0.306 e. The molecular weight excluding hydrogens is 292 g/mol. The molecule has 0 aliphatic heterocycles. The molecule has 1 fully saturated rings. The molecule has 1 heterocycles. The number of nitrogens with one attached hydrogen (secondary N) is 1. The van der Waals surface area contributed by atoms with E-state index in [-0.39, 0.29) is 5.92 Å². The van der Waals surface area contributed by atoms with Crippen LogP contribution >= 0.6 is 27.3 Å². The van der Waals surface area contributed by atoms with E-state index in [0.29, 0.717) is 6.04 Å². The minimum Gasteiger partial charge on any atom is -0.481 e. The summed E-state index contributed by atoms with van der Waals surface area (Å²) >= 11 is 4.87. The van der Waals surface area contributed by atoms with Crippen molar-refractivity contribution in [3.05, 3.63) is 9.98 Å². The quantitative estimate of drug-likeness (QED) is 0.901. The van der Waals surface area contributed by atoms with Crippen molar-refractivity contribution < 1.29 is 9.90 Å². The van der Waals surface area contributed by atoms with Crippen LogP contribution in [-0.2, 0) is 4.79 Å². The highest BCUT2D eigenvalue weighted by Crippen LogP contribution is 2.28. The second-order valence-corrected chi connectivity index (χ2v) is 5.68. The molecule has 2 rings (SSSR count). The highest BCUT2D eigenvalue weighted by molar-refractivity contribution is 9.10. The van der Waals surface area contributed by atoms with Crippen molar-refractivity contribution in [3.63, 3.8) is 0 Å². The Bertz CT molecular complexity index is 375. The summed E-state index contributed by atoms with van der Waals surface area (Å²) in [7, 11) is 0. The molecule has 2 N–H and O–H groups in total. The Kier molecular flexibility index (Phi) is 3.81. The second-order valence-electron chi connectivity index (χ2n) is 4.01. The van der Waals surface area contributed by atoms with Crippen molar-refractivity contribution in [3.8, 4) is 0 Å². The minimum absolute atomic E-state index is 0.152. The Balaban J connectivity index is 1.83. The van der Waals surface area contributed by atoms with Gasteiger partial charge in [0.1, 0.15) is 4.60 Å². The molecule has 0 radical (unpaired) electrons. The van der Waals surface area contributed by atoms with Crippen LogP contribution in [0.1, 0.15) is 25.7 Å². The number of hydrogen-bond donors (Lipinski definition) is 2. The van der Waals surface area contributed by atoms with Crippen molar-refractivity contribution in [2.24, 2.45) is 5.92 Å². The summed E-state index contributed by atoms with van der Waals surface area (Å²) in [4.78, 5) is 15.1. The number of carbonyl (C=O) groups is 1. The third-order valence-electron chi connectivity index (χ3n) is 2.88. The van der Waals surface area contributed by atoms with E-state index in [1.54, 1.807) is 11.3 Å². The van der Waals surface area contributed by atoms with Gasteiger partial charge in [0.15, 0.2) is 5.13 Å². The summed E-state index contributed by atoms with van der Waals surface area (Å²) in [6.07, 6.45) is 3.35. The lowest BCUT2D eigenvalue weighted by Gasteiger charge is -2.26. The lowest BCUT2D eigenvalue weighted by atomic mass is 9.86. The van der Waals surface area contributed by atoms with Gasteiger partial charge in [0.2, 0.25) is 0 Å². The van der Waals surface area contributed by atoms with Crippen molar-refractivity contribution in [1.82, 2.24) is 4.98 Å². The number of anilines is 1. The fourth-order valence-corrected chi connectivity index (χ4v) is 3.20. The SMILES string of the molecule is O=C(O)C1CCC(Nc2nc(Br)cs2)CC1. The zero-order valence-electron chi connectivity index (χ0n) is 8.65. The summed E-state index contributed by atoms with van der Waals surface area (Å²) in [5.74, 6) is -0.809. The molecule has 16 heavy (non-hydrogen) atoms. The fourth-order valence-electron chi connectivity index (χ4n) is 1.98. The molecule has 1 aliphatic rings. The van der Waals surface area contributed by atoms with Gasteiger partial charge < -0.3 is 10.4 Å². The highest BCUT2D eigenvalue weighted by atomic mass is 79.9. The molecule has 6 heteroatoms. The predicted octanol–water partition coefficient (Wildman–Crippen LogP) is 2.96. The first-order valence-electron chi connectivity index (χ1n) is 5.25. The van der Waals surface area contributed by atoms with Crippen LogP contribution in [0.5, 0.6) is 0 Å². The minimum atomic E-state index is -0.657. The summed E-state index contributed by atoms with van der Waals surface area (Å²) in [5, 5.41) is 15.1. The molecule has 0 unspecified atom stereocenters. The number of carboxylic acid groups (broad SMARTS) is 1. The molecule has 0 atom stereocenters. The lowest BCUT2D eigenvalue weighted by molar-refractivity contribution is -0.142. The van der Waals surface area contributed by atoms with Gasteiger partial charge in [-0.3, -0.25) is 4.79 Å². The van der Waals surface area contributed by atoms with Crippen molar-refractivity contribution in [2.75, 3.05) is 5.32 Å². The van der Waals surface area contributed by atoms with Crippen LogP contribution in [-0.4, -0.2) is 22.1 Å². The van der Waals surface area contributed by atoms with Gasteiger partial charge >= 0.3 is 5.97 Å². The van der Waals surface area contributed by atoms with Gasteiger partial charge in [0.25, 0.3) is 0 Å². The Hall–Kier alpha value is -0.620. The Morgan fingerprint density at radius 2 is 2.19 bits per heavy atom. The largest absolute Gasteiger partial charge is 0.481 e. The average molecular weight is 305 g/mol. The maximum absolute atomic E-state index is 10.8. The van der Waals surface area contributed by atoms with Crippen molar-refractivity contribution in [1.29, 1.82) is 0 Å². The van der Waals surface area contributed by atoms with E-state index >= 15 is 0 Å². The van der Waals surface area contributed by atoms with Crippen LogP contribution in [0.15, 0.2) is 9.98 Å². The monoisotopic (exact) mass is 304 g/mol. The molecular formula is C10H13BrN2O2S. The normalized spacial score (nSPS) is 25.3. The standard InChI is InChI=1S/C10H13BrN2O2S/c11-8-5-16-10(13-8)12-7-3-1-6(2-4-7)9(14)15/h5-7H,1-4H2,(H,12,13)(H,14,15). The van der Waals surface area contributed by atoms with Crippen LogP contribution in [0.4, 0.5) is 5.13 Å². The molecule has 0 saturated heterocycles. The molecule has 0 bridgehead atoms. The van der Waals surface area contributed by atoms with E-state index < -0.39 is 5.97 Å². The first-order valence-corrected chi connectivity index (χ1v) is 6.93. The van der Waals surface area contributed by atoms with Gasteiger partial charge in [0, 0.05) is 11.4 Å². The molecule has 1 aromatic rings. The topological polar surface area (TPSA) is 62.2 Å². The third-order valence-corrected chi connectivity index (χ3v) is 4.36. The zero-order chi connectivity index (χ0) is 11.5. The average Bonchev–Trinajstić information content (AvgIpc) is 2.65. The summed E-state index contributed by atoms with van der Waals surface area (Å²) in [6.45, 7) is 0. The molecule has 88 valence electrons. The van der Waals surface area contributed by atoms with Crippen LogP contribution in [0.25, 0.3) is 0 Å². The number of halogens is 1. The number of thiazole rings is 1. The molecule has 1 aliphatic carbocycles. The number of carboxylic acids is 1. The second kappa shape index (κ2) is 5.14. The molecule has 0 spiro atoms. The summed E-state index contributed by atoms with van der Waals surface area (Å²) in [5.41, 5.74) is 0. The fraction of sp³-hybridized carbons (Fsp3) is 0.600. The summed E-state index contributed by atoms with van der Waals surface area (Å²) in [6, 6.07) is 0.369. The third kappa shape index (κ3) is 2.95. The van der Waals surface area contributed by atoms with Gasteiger partial charge in [-0.1, -0.05) is 0 Å². The Morgan fingerprint density at radius 3 is 2.69 bits per heavy atom. The number of aliphatic carboxylic acids is 1. The zero-order valence-corrected chi connectivity index (χ0v) is 11.1. The number of hydrogen-bond acceptors (Lipinski definition) is 4. The molecule has 4 nitrogen and oxygen atoms in total. The maximum atomic E-state index is 10.8. The van der Waals surface area contributed by atoms with E-state index in [2.05, 4.69) is 26.2 Å². The van der Waals surface area contributed by atoms with Gasteiger partial charge in [0.05, 0.1) is 5.92 Å². The van der Waals surface area contributed by atoms with Gasteiger partial charge in [-0.2, -0.15) is 0 Å². The number of rotatable bonds is 3. The van der Waals surface area contributed by atoms with Gasteiger partial charge in [-0.25, -0.2) is 4.98 Å². The van der Waals surface area contributed by atoms with E-state index in [1.807, 2.05) is 5.38 Å². The van der Waals surface area contributed by atoms with Crippen LogP contribution < -0.4 is 5.32 Å².